The number of rotatable bonds is 6. The fourth-order valence-corrected chi connectivity index (χ4v) is 10.2. The van der Waals surface area contributed by atoms with Gasteiger partial charge < -0.3 is 4.90 Å². The first-order valence-electron chi connectivity index (χ1n) is 20.7. The van der Waals surface area contributed by atoms with Gasteiger partial charge in [-0.1, -0.05) is 184 Å². The van der Waals surface area contributed by atoms with Crippen LogP contribution in [0.15, 0.2) is 224 Å². The lowest BCUT2D eigenvalue weighted by molar-refractivity contribution is 0.563. The van der Waals surface area contributed by atoms with Gasteiger partial charge in [0.2, 0.25) is 0 Å². The molecule has 0 heterocycles. The quantitative estimate of drug-likeness (QED) is 0.163. The average Bonchev–Trinajstić information content (AvgIpc) is 3.60. The van der Waals surface area contributed by atoms with E-state index >= 15 is 0 Å². The second-order valence-electron chi connectivity index (χ2n) is 16.5. The molecule has 1 heteroatoms. The third-order valence-electron chi connectivity index (χ3n) is 12.9. The Morgan fingerprint density at radius 2 is 0.661 bits per heavy atom. The molecule has 11 rings (SSSR count). The van der Waals surface area contributed by atoms with Gasteiger partial charge >= 0.3 is 0 Å². The summed E-state index contributed by atoms with van der Waals surface area (Å²) in [7, 11) is 0. The third-order valence-corrected chi connectivity index (χ3v) is 12.9. The summed E-state index contributed by atoms with van der Waals surface area (Å²) in [4.78, 5) is 2.30. The molecule has 0 fully saturated rings. The van der Waals surface area contributed by atoms with Crippen molar-refractivity contribution in [3.05, 3.63) is 258 Å². The summed E-state index contributed by atoms with van der Waals surface area (Å²) >= 11 is 0. The van der Waals surface area contributed by atoms with Crippen molar-refractivity contribution in [1.29, 1.82) is 0 Å². The minimum atomic E-state index is -0.411. The molecule has 9 aromatic rings. The molecule has 9 aromatic carbocycles. The highest BCUT2D eigenvalue weighted by atomic mass is 15.1. The van der Waals surface area contributed by atoms with Crippen LogP contribution in [-0.2, 0) is 10.8 Å². The highest BCUT2D eigenvalue weighted by Gasteiger charge is 2.53. The van der Waals surface area contributed by atoms with Crippen molar-refractivity contribution in [3.63, 3.8) is 0 Å². The Hall–Kier alpha value is -7.22. The fourth-order valence-electron chi connectivity index (χ4n) is 10.2. The van der Waals surface area contributed by atoms with E-state index in [0.29, 0.717) is 0 Å². The highest BCUT2D eigenvalue weighted by Crippen LogP contribution is 2.62. The van der Waals surface area contributed by atoms with Gasteiger partial charge in [-0.05, 0) is 132 Å². The van der Waals surface area contributed by atoms with E-state index < -0.39 is 5.41 Å². The minimum Gasteiger partial charge on any atom is -0.311 e. The zero-order valence-electron chi connectivity index (χ0n) is 33.3. The lowest BCUT2D eigenvalue weighted by Crippen LogP contribution is -2.40. The summed E-state index contributed by atoms with van der Waals surface area (Å²) in [6.45, 7) is 4.77. The van der Waals surface area contributed by atoms with Crippen LogP contribution in [0.2, 0.25) is 0 Å². The molecule has 2 aliphatic rings. The van der Waals surface area contributed by atoms with Gasteiger partial charge in [-0.3, -0.25) is 0 Å². The molecule has 0 radical (unpaired) electrons. The molecular formula is C58H43N. The summed E-state index contributed by atoms with van der Waals surface area (Å²) in [6.07, 6.45) is 0. The number of benzene rings is 9. The standard InChI is InChI=1S/C58H43N/c1-57(2)52-27-11-13-29-54(52)58(55-30-14-12-28-53(55)57)51-26-10-9-25-49(51)50-36-33-45(39-56(50)58)44-20-16-19-43(38-44)42-18-15-17-41(37-42)40-31-34-48(35-32-40)59(46-21-5-3-6-22-46)47-23-7-4-8-24-47/h3-39H,1-2H3. The Morgan fingerprint density at radius 1 is 0.271 bits per heavy atom. The second-order valence-corrected chi connectivity index (χ2v) is 16.5. The normalized spacial score (nSPS) is 13.9. The molecule has 0 aliphatic heterocycles. The first-order valence-corrected chi connectivity index (χ1v) is 20.7. The van der Waals surface area contributed by atoms with Crippen LogP contribution in [0.25, 0.3) is 44.5 Å². The van der Waals surface area contributed by atoms with Crippen molar-refractivity contribution < 1.29 is 0 Å². The molecule has 1 nitrogen and oxygen atoms in total. The molecule has 0 atom stereocenters. The van der Waals surface area contributed by atoms with Crippen molar-refractivity contribution in [3.8, 4) is 44.5 Å². The largest absolute Gasteiger partial charge is 0.311 e. The van der Waals surface area contributed by atoms with Crippen LogP contribution < -0.4 is 4.90 Å². The molecule has 0 bridgehead atoms. The van der Waals surface area contributed by atoms with Crippen LogP contribution in [-0.4, -0.2) is 0 Å². The van der Waals surface area contributed by atoms with Crippen LogP contribution in [0.3, 0.4) is 0 Å². The third kappa shape index (κ3) is 5.46. The zero-order chi connectivity index (χ0) is 39.6. The molecule has 59 heavy (non-hydrogen) atoms. The summed E-state index contributed by atoms with van der Waals surface area (Å²) < 4.78 is 0. The smallest absolute Gasteiger partial charge is 0.0719 e. The van der Waals surface area contributed by atoms with Gasteiger partial charge in [-0.2, -0.15) is 0 Å². The lowest BCUT2D eigenvalue weighted by atomic mass is 9.55. The Morgan fingerprint density at radius 3 is 1.20 bits per heavy atom. The molecule has 1 spiro atoms. The van der Waals surface area contributed by atoms with Crippen molar-refractivity contribution in [2.75, 3.05) is 4.90 Å². The topological polar surface area (TPSA) is 3.24 Å². The molecule has 0 N–H and O–H groups in total. The molecule has 0 saturated carbocycles. The Balaban J connectivity index is 0.980. The van der Waals surface area contributed by atoms with Gasteiger partial charge in [0.25, 0.3) is 0 Å². The number of fused-ring (bicyclic) bond motifs is 9. The van der Waals surface area contributed by atoms with Crippen molar-refractivity contribution in [1.82, 2.24) is 0 Å². The van der Waals surface area contributed by atoms with Gasteiger partial charge in [0, 0.05) is 22.5 Å². The average molecular weight is 754 g/mol. The summed E-state index contributed by atoms with van der Waals surface area (Å²) in [6, 6.07) is 82.7. The first-order chi connectivity index (χ1) is 29.0. The molecule has 280 valence electrons. The Kier molecular flexibility index (Phi) is 8.13. The van der Waals surface area contributed by atoms with Crippen LogP contribution in [0.5, 0.6) is 0 Å². The van der Waals surface area contributed by atoms with Gasteiger partial charge in [-0.25, -0.2) is 0 Å². The van der Waals surface area contributed by atoms with E-state index in [2.05, 4.69) is 243 Å². The van der Waals surface area contributed by atoms with Gasteiger partial charge in [-0.15, -0.1) is 0 Å². The molecule has 0 unspecified atom stereocenters. The molecule has 0 aromatic heterocycles. The van der Waals surface area contributed by atoms with Crippen LogP contribution in [0, 0.1) is 0 Å². The second kappa shape index (κ2) is 13.7. The molecular weight excluding hydrogens is 711 g/mol. The molecule has 0 saturated heterocycles. The number of para-hydroxylation sites is 2. The molecule has 0 amide bonds. The minimum absolute atomic E-state index is 0.122. The zero-order valence-corrected chi connectivity index (χ0v) is 33.3. The van der Waals surface area contributed by atoms with Gasteiger partial charge in [0.05, 0.1) is 5.41 Å². The van der Waals surface area contributed by atoms with E-state index in [1.807, 2.05) is 0 Å². The number of hydrogen-bond donors (Lipinski definition) is 0. The number of hydrogen-bond acceptors (Lipinski definition) is 1. The first kappa shape index (κ1) is 35.0. The Bertz CT molecular complexity index is 2920. The predicted molar refractivity (Wildman–Crippen MR) is 247 cm³/mol. The maximum Gasteiger partial charge on any atom is 0.0719 e. The monoisotopic (exact) mass is 753 g/mol. The predicted octanol–water partition coefficient (Wildman–Crippen LogP) is 15.2. The Labute approximate surface area is 347 Å². The van der Waals surface area contributed by atoms with Gasteiger partial charge in [0.15, 0.2) is 0 Å². The maximum atomic E-state index is 2.49. The van der Waals surface area contributed by atoms with E-state index in [1.165, 1.54) is 77.9 Å². The van der Waals surface area contributed by atoms with E-state index in [0.717, 1.165) is 17.1 Å². The number of nitrogens with zero attached hydrogens (tertiary/aromatic N) is 1. The van der Waals surface area contributed by atoms with Crippen molar-refractivity contribution in [2.45, 2.75) is 24.7 Å². The van der Waals surface area contributed by atoms with Crippen LogP contribution in [0.4, 0.5) is 17.1 Å². The van der Waals surface area contributed by atoms with Crippen molar-refractivity contribution >= 4 is 17.1 Å². The molecule has 2 aliphatic carbocycles. The summed E-state index contributed by atoms with van der Waals surface area (Å²) in [5.41, 5.74) is 21.0. The van der Waals surface area contributed by atoms with E-state index in [9.17, 15) is 0 Å². The lowest BCUT2D eigenvalue weighted by Gasteiger charge is -2.46. The number of anilines is 3. The fraction of sp³-hybridized carbons (Fsp3) is 0.0690. The van der Waals surface area contributed by atoms with E-state index in [1.54, 1.807) is 0 Å². The SMILES string of the molecule is CC1(C)c2ccccc2C2(c3ccccc3-c3ccc(-c4cccc(-c5cccc(-c6ccc(N(c7ccccc7)c7ccccc7)cc6)c5)c4)cc32)c2ccccc21. The maximum absolute atomic E-state index is 2.49. The van der Waals surface area contributed by atoms with Crippen molar-refractivity contribution in [2.24, 2.45) is 0 Å². The van der Waals surface area contributed by atoms with E-state index in [4.69, 9.17) is 0 Å². The highest BCUT2D eigenvalue weighted by molar-refractivity contribution is 5.91. The van der Waals surface area contributed by atoms with Gasteiger partial charge in [0.1, 0.15) is 0 Å². The van der Waals surface area contributed by atoms with E-state index in [-0.39, 0.29) is 5.41 Å². The summed E-state index contributed by atoms with van der Waals surface area (Å²) in [5.74, 6) is 0. The van der Waals surface area contributed by atoms with Crippen LogP contribution >= 0.6 is 0 Å². The van der Waals surface area contributed by atoms with Crippen LogP contribution in [0.1, 0.15) is 47.2 Å². The summed E-state index contributed by atoms with van der Waals surface area (Å²) in [5, 5.41) is 0.